The molecule has 0 fully saturated rings. The van der Waals surface area contributed by atoms with Gasteiger partial charge in [0.2, 0.25) is 0 Å². The van der Waals surface area contributed by atoms with Gasteiger partial charge in [0.1, 0.15) is 11.6 Å². The Hall–Kier alpha value is -1.21. The Bertz CT molecular complexity index is 551. The van der Waals surface area contributed by atoms with E-state index < -0.39 is 0 Å². The Kier molecular flexibility index (Phi) is 4.71. The quantitative estimate of drug-likeness (QED) is 0.347. The molecule has 0 aliphatic rings. The molecule has 5 nitrogen and oxygen atoms in total. The van der Waals surface area contributed by atoms with E-state index in [4.69, 9.17) is 29.0 Å². The first-order valence-corrected chi connectivity index (χ1v) is 7.21. The van der Waals surface area contributed by atoms with E-state index in [1.54, 1.807) is 24.3 Å². The summed E-state index contributed by atoms with van der Waals surface area (Å²) < 4.78 is 0. The lowest BCUT2D eigenvalue weighted by Gasteiger charge is -2.09. The fourth-order valence-corrected chi connectivity index (χ4v) is 2.33. The summed E-state index contributed by atoms with van der Waals surface area (Å²) in [6.45, 7) is 0. The van der Waals surface area contributed by atoms with E-state index in [2.05, 4.69) is 20.7 Å². The highest BCUT2D eigenvalue weighted by Crippen LogP contribution is 2.26. The zero-order chi connectivity index (χ0) is 13.8. The van der Waals surface area contributed by atoms with Gasteiger partial charge in [0.15, 0.2) is 5.16 Å². The standard InChI is InChI=1S/C11H11Cl2N5S/c1-19-11-16-9(5-10(17-11)18-14)15-8-3-6(12)2-7(13)4-8/h2-5H,14H2,1H3,(H2,15,16,17,18). The summed E-state index contributed by atoms with van der Waals surface area (Å²) in [5.74, 6) is 6.49. The number of hydrazine groups is 1. The van der Waals surface area contributed by atoms with Gasteiger partial charge >= 0.3 is 0 Å². The van der Waals surface area contributed by atoms with Gasteiger partial charge in [-0.2, -0.15) is 0 Å². The predicted octanol–water partition coefficient (Wildman–Crippen LogP) is 3.53. The second-order valence-electron chi connectivity index (χ2n) is 3.55. The van der Waals surface area contributed by atoms with Crippen molar-refractivity contribution < 1.29 is 0 Å². The lowest BCUT2D eigenvalue weighted by Crippen LogP contribution is -2.10. The van der Waals surface area contributed by atoms with E-state index in [0.29, 0.717) is 26.8 Å². The third-order valence-electron chi connectivity index (χ3n) is 2.17. The fourth-order valence-electron chi connectivity index (χ4n) is 1.43. The normalized spacial score (nSPS) is 10.3. The van der Waals surface area contributed by atoms with Crippen LogP contribution in [0.25, 0.3) is 0 Å². The second kappa shape index (κ2) is 6.29. The summed E-state index contributed by atoms with van der Waals surface area (Å²) in [6.07, 6.45) is 1.88. The van der Waals surface area contributed by atoms with Crippen LogP contribution in [-0.2, 0) is 0 Å². The molecule has 19 heavy (non-hydrogen) atoms. The SMILES string of the molecule is CSc1nc(NN)cc(Nc2cc(Cl)cc(Cl)c2)n1. The summed E-state index contributed by atoms with van der Waals surface area (Å²) in [5, 5.41) is 4.80. The molecular formula is C11H11Cl2N5S. The summed E-state index contributed by atoms with van der Waals surface area (Å²) in [6, 6.07) is 6.86. The molecule has 100 valence electrons. The molecule has 0 atom stereocenters. The number of thioether (sulfide) groups is 1. The van der Waals surface area contributed by atoms with Crippen LogP contribution in [0.5, 0.6) is 0 Å². The zero-order valence-electron chi connectivity index (χ0n) is 9.95. The molecule has 0 saturated heterocycles. The van der Waals surface area contributed by atoms with Crippen LogP contribution in [0.1, 0.15) is 0 Å². The van der Waals surface area contributed by atoms with Crippen LogP contribution in [0.2, 0.25) is 10.0 Å². The molecule has 0 aliphatic carbocycles. The molecule has 2 aromatic rings. The number of hydrogen-bond acceptors (Lipinski definition) is 6. The van der Waals surface area contributed by atoms with Gasteiger partial charge in [-0.3, -0.25) is 0 Å². The number of nitrogen functional groups attached to an aromatic ring is 1. The van der Waals surface area contributed by atoms with Gasteiger partial charge in [0.25, 0.3) is 0 Å². The van der Waals surface area contributed by atoms with E-state index >= 15 is 0 Å². The van der Waals surface area contributed by atoms with Gasteiger partial charge in [-0.1, -0.05) is 35.0 Å². The molecular weight excluding hydrogens is 305 g/mol. The maximum atomic E-state index is 5.94. The molecule has 0 spiro atoms. The third-order valence-corrected chi connectivity index (χ3v) is 3.16. The topological polar surface area (TPSA) is 75.9 Å². The Balaban J connectivity index is 2.31. The summed E-state index contributed by atoms with van der Waals surface area (Å²) >= 11 is 13.3. The smallest absolute Gasteiger partial charge is 0.191 e. The van der Waals surface area contributed by atoms with E-state index in [9.17, 15) is 0 Å². The summed E-state index contributed by atoms with van der Waals surface area (Å²) in [7, 11) is 0. The molecule has 1 aromatic carbocycles. The first-order valence-electron chi connectivity index (χ1n) is 5.23. The first kappa shape index (κ1) is 14.2. The first-order chi connectivity index (χ1) is 9.10. The van der Waals surface area contributed by atoms with Crippen molar-refractivity contribution in [1.82, 2.24) is 9.97 Å². The van der Waals surface area contributed by atoms with Crippen LogP contribution in [0.15, 0.2) is 29.4 Å². The Morgan fingerprint density at radius 3 is 2.26 bits per heavy atom. The summed E-state index contributed by atoms with van der Waals surface area (Å²) in [5.41, 5.74) is 3.24. The van der Waals surface area contributed by atoms with Crippen molar-refractivity contribution >= 4 is 52.3 Å². The van der Waals surface area contributed by atoms with Crippen LogP contribution in [0, 0.1) is 0 Å². The van der Waals surface area contributed by atoms with Gasteiger partial charge in [0.05, 0.1) is 0 Å². The molecule has 0 saturated carbocycles. The van der Waals surface area contributed by atoms with Crippen molar-refractivity contribution in [3.05, 3.63) is 34.3 Å². The lowest BCUT2D eigenvalue weighted by molar-refractivity contribution is 0.971. The molecule has 8 heteroatoms. The number of benzene rings is 1. The average molecular weight is 316 g/mol. The predicted molar refractivity (Wildman–Crippen MR) is 81.4 cm³/mol. The number of nitrogens with one attached hydrogen (secondary N) is 2. The van der Waals surface area contributed by atoms with Crippen molar-refractivity contribution in [2.45, 2.75) is 5.16 Å². The highest BCUT2D eigenvalue weighted by molar-refractivity contribution is 7.98. The summed E-state index contributed by atoms with van der Waals surface area (Å²) in [4.78, 5) is 8.48. The maximum Gasteiger partial charge on any atom is 0.191 e. The maximum absolute atomic E-state index is 5.94. The number of hydrogen-bond donors (Lipinski definition) is 3. The number of halogens is 2. The Morgan fingerprint density at radius 1 is 1.05 bits per heavy atom. The highest BCUT2D eigenvalue weighted by Gasteiger charge is 2.05. The van der Waals surface area contributed by atoms with Crippen LogP contribution in [0.3, 0.4) is 0 Å². The monoisotopic (exact) mass is 315 g/mol. The zero-order valence-corrected chi connectivity index (χ0v) is 12.3. The molecule has 0 amide bonds. The average Bonchev–Trinajstić information content (AvgIpc) is 2.37. The van der Waals surface area contributed by atoms with Crippen molar-refractivity contribution in [3.63, 3.8) is 0 Å². The van der Waals surface area contributed by atoms with Gasteiger partial charge in [-0.15, -0.1) is 0 Å². The van der Waals surface area contributed by atoms with Crippen LogP contribution < -0.4 is 16.6 Å². The highest BCUT2D eigenvalue weighted by atomic mass is 35.5. The number of anilines is 3. The van der Waals surface area contributed by atoms with E-state index in [1.165, 1.54) is 11.8 Å². The van der Waals surface area contributed by atoms with Crippen LogP contribution >= 0.6 is 35.0 Å². The van der Waals surface area contributed by atoms with Crippen molar-refractivity contribution in [2.24, 2.45) is 5.84 Å². The van der Waals surface area contributed by atoms with Crippen molar-refractivity contribution in [1.29, 1.82) is 0 Å². The van der Waals surface area contributed by atoms with Crippen LogP contribution in [0.4, 0.5) is 17.3 Å². The molecule has 0 unspecified atom stereocenters. The minimum atomic E-state index is 0.523. The molecule has 1 aromatic heterocycles. The van der Waals surface area contributed by atoms with Crippen LogP contribution in [-0.4, -0.2) is 16.2 Å². The molecule has 0 radical (unpaired) electrons. The molecule has 0 aliphatic heterocycles. The van der Waals surface area contributed by atoms with Gasteiger partial charge in [-0.05, 0) is 24.5 Å². The van der Waals surface area contributed by atoms with Gasteiger partial charge < -0.3 is 10.7 Å². The minimum absolute atomic E-state index is 0.523. The van der Waals surface area contributed by atoms with Crippen molar-refractivity contribution in [2.75, 3.05) is 17.0 Å². The Morgan fingerprint density at radius 2 is 1.68 bits per heavy atom. The number of nitrogens with zero attached hydrogens (tertiary/aromatic N) is 2. The molecule has 4 N–H and O–H groups in total. The van der Waals surface area contributed by atoms with E-state index in [-0.39, 0.29) is 0 Å². The van der Waals surface area contributed by atoms with Gasteiger partial charge in [-0.25, -0.2) is 15.8 Å². The van der Waals surface area contributed by atoms with E-state index in [0.717, 1.165) is 5.69 Å². The molecule has 0 bridgehead atoms. The number of aromatic nitrogens is 2. The third kappa shape index (κ3) is 3.87. The van der Waals surface area contributed by atoms with E-state index in [1.807, 2.05) is 6.26 Å². The largest absolute Gasteiger partial charge is 0.340 e. The van der Waals surface area contributed by atoms with Gasteiger partial charge in [0, 0.05) is 21.8 Å². The fraction of sp³-hybridized carbons (Fsp3) is 0.0909. The molecule has 1 heterocycles. The second-order valence-corrected chi connectivity index (χ2v) is 5.20. The number of rotatable bonds is 4. The van der Waals surface area contributed by atoms with Crippen molar-refractivity contribution in [3.8, 4) is 0 Å². The lowest BCUT2D eigenvalue weighted by atomic mass is 10.3. The Labute approximate surface area is 124 Å². The number of nitrogens with two attached hydrogens (primary N) is 1. The molecule has 2 rings (SSSR count). The minimum Gasteiger partial charge on any atom is -0.340 e.